The van der Waals surface area contributed by atoms with E-state index in [-0.39, 0.29) is 0 Å². The SMILES string of the molecule is Cc1nn(CC(C)C)c(C)c1C(C)O. The van der Waals surface area contributed by atoms with Crippen LogP contribution in [0.3, 0.4) is 0 Å². The minimum atomic E-state index is -0.420. The van der Waals surface area contributed by atoms with E-state index < -0.39 is 6.10 Å². The topological polar surface area (TPSA) is 38.0 Å². The van der Waals surface area contributed by atoms with Gasteiger partial charge in [0.2, 0.25) is 0 Å². The van der Waals surface area contributed by atoms with E-state index >= 15 is 0 Å². The molecule has 0 saturated carbocycles. The van der Waals surface area contributed by atoms with Crippen molar-refractivity contribution in [1.29, 1.82) is 0 Å². The van der Waals surface area contributed by atoms with Crippen molar-refractivity contribution in [2.45, 2.75) is 47.3 Å². The van der Waals surface area contributed by atoms with Crippen LogP contribution in [0.4, 0.5) is 0 Å². The van der Waals surface area contributed by atoms with Gasteiger partial charge in [0.05, 0.1) is 11.8 Å². The number of aromatic nitrogens is 2. The van der Waals surface area contributed by atoms with E-state index in [1.165, 1.54) is 0 Å². The minimum absolute atomic E-state index is 0.420. The summed E-state index contributed by atoms with van der Waals surface area (Å²) in [6.07, 6.45) is -0.420. The third-order valence-electron chi connectivity index (χ3n) is 2.39. The zero-order chi connectivity index (χ0) is 10.9. The average molecular weight is 196 g/mol. The fourth-order valence-corrected chi connectivity index (χ4v) is 1.84. The molecule has 14 heavy (non-hydrogen) atoms. The smallest absolute Gasteiger partial charge is 0.0797 e. The molecule has 1 heterocycles. The molecule has 0 amide bonds. The lowest BCUT2D eigenvalue weighted by molar-refractivity contribution is 0.197. The van der Waals surface area contributed by atoms with Gasteiger partial charge in [-0.05, 0) is 26.7 Å². The molecule has 1 aromatic heterocycles. The molecule has 0 spiro atoms. The van der Waals surface area contributed by atoms with Gasteiger partial charge in [-0.2, -0.15) is 5.10 Å². The van der Waals surface area contributed by atoms with Gasteiger partial charge < -0.3 is 5.11 Å². The van der Waals surface area contributed by atoms with Crippen LogP contribution in [0.5, 0.6) is 0 Å². The van der Waals surface area contributed by atoms with E-state index in [1.807, 2.05) is 18.5 Å². The Labute approximate surface area is 85.8 Å². The summed E-state index contributed by atoms with van der Waals surface area (Å²) in [6, 6.07) is 0. The lowest BCUT2D eigenvalue weighted by Crippen LogP contribution is -2.08. The van der Waals surface area contributed by atoms with E-state index in [0.29, 0.717) is 5.92 Å². The molecule has 0 bridgehead atoms. The average Bonchev–Trinajstić information content (AvgIpc) is 2.25. The van der Waals surface area contributed by atoms with Crippen molar-refractivity contribution in [2.75, 3.05) is 0 Å². The first kappa shape index (κ1) is 11.2. The number of aryl methyl sites for hydroxylation is 1. The van der Waals surface area contributed by atoms with Gasteiger partial charge in [-0.15, -0.1) is 0 Å². The first-order chi connectivity index (χ1) is 6.43. The summed E-state index contributed by atoms with van der Waals surface area (Å²) in [5.74, 6) is 0.579. The number of aliphatic hydroxyl groups is 1. The Kier molecular flexibility index (Phi) is 3.32. The van der Waals surface area contributed by atoms with Crippen LogP contribution in [-0.4, -0.2) is 14.9 Å². The molecule has 0 radical (unpaired) electrons. The first-order valence-corrected chi connectivity index (χ1v) is 5.15. The van der Waals surface area contributed by atoms with Crippen molar-refractivity contribution >= 4 is 0 Å². The summed E-state index contributed by atoms with van der Waals surface area (Å²) in [5, 5.41) is 14.0. The number of hydrogen-bond donors (Lipinski definition) is 1. The van der Waals surface area contributed by atoms with E-state index in [0.717, 1.165) is 23.5 Å². The van der Waals surface area contributed by atoms with E-state index in [9.17, 15) is 5.11 Å². The van der Waals surface area contributed by atoms with E-state index in [4.69, 9.17) is 0 Å². The summed E-state index contributed by atoms with van der Waals surface area (Å²) in [5.41, 5.74) is 3.01. The molecule has 0 saturated heterocycles. The standard InChI is InChI=1S/C11H20N2O/c1-7(2)6-13-9(4)11(10(5)14)8(3)12-13/h7,10,14H,6H2,1-5H3. The fourth-order valence-electron chi connectivity index (χ4n) is 1.84. The number of nitrogens with zero attached hydrogens (tertiary/aromatic N) is 2. The molecule has 0 aliphatic rings. The van der Waals surface area contributed by atoms with Gasteiger partial charge in [0.1, 0.15) is 0 Å². The Balaban J connectivity index is 3.04. The molecule has 0 aromatic carbocycles. The molecule has 1 N–H and O–H groups in total. The normalized spacial score (nSPS) is 13.6. The predicted molar refractivity (Wildman–Crippen MR) is 57.2 cm³/mol. The van der Waals surface area contributed by atoms with E-state index in [1.54, 1.807) is 6.92 Å². The van der Waals surface area contributed by atoms with Crippen molar-refractivity contribution in [3.63, 3.8) is 0 Å². The number of hydrogen-bond acceptors (Lipinski definition) is 2. The van der Waals surface area contributed by atoms with Crippen LogP contribution in [0, 0.1) is 19.8 Å². The molecule has 3 nitrogen and oxygen atoms in total. The minimum Gasteiger partial charge on any atom is -0.389 e. The lowest BCUT2D eigenvalue weighted by Gasteiger charge is -2.08. The summed E-state index contributed by atoms with van der Waals surface area (Å²) in [6.45, 7) is 11.0. The maximum absolute atomic E-state index is 9.58. The van der Waals surface area contributed by atoms with Crippen LogP contribution in [0.25, 0.3) is 0 Å². The van der Waals surface area contributed by atoms with Gasteiger partial charge in [0.25, 0.3) is 0 Å². The third-order valence-corrected chi connectivity index (χ3v) is 2.39. The third kappa shape index (κ3) is 2.15. The van der Waals surface area contributed by atoms with Crippen LogP contribution in [-0.2, 0) is 6.54 Å². The van der Waals surface area contributed by atoms with Crippen LogP contribution < -0.4 is 0 Å². The molecular formula is C11H20N2O. The summed E-state index contributed by atoms with van der Waals surface area (Å²) < 4.78 is 1.99. The molecule has 80 valence electrons. The molecular weight excluding hydrogens is 176 g/mol. The van der Waals surface area contributed by atoms with Crippen molar-refractivity contribution in [3.05, 3.63) is 17.0 Å². The predicted octanol–water partition coefficient (Wildman–Crippen LogP) is 2.21. The summed E-state index contributed by atoms with van der Waals surface area (Å²) in [4.78, 5) is 0. The molecule has 1 rings (SSSR count). The van der Waals surface area contributed by atoms with Gasteiger partial charge in [-0.3, -0.25) is 4.68 Å². The molecule has 1 unspecified atom stereocenters. The molecule has 0 aliphatic heterocycles. The number of aliphatic hydroxyl groups excluding tert-OH is 1. The Hall–Kier alpha value is -0.830. The molecule has 1 aromatic rings. The highest BCUT2D eigenvalue weighted by Gasteiger charge is 2.15. The monoisotopic (exact) mass is 196 g/mol. The maximum Gasteiger partial charge on any atom is 0.0797 e. The van der Waals surface area contributed by atoms with Crippen LogP contribution in [0.15, 0.2) is 0 Å². The first-order valence-electron chi connectivity index (χ1n) is 5.15. The van der Waals surface area contributed by atoms with Crippen LogP contribution in [0.2, 0.25) is 0 Å². The Morgan fingerprint density at radius 3 is 2.21 bits per heavy atom. The van der Waals surface area contributed by atoms with Crippen molar-refractivity contribution < 1.29 is 5.11 Å². The zero-order valence-electron chi connectivity index (χ0n) is 9.70. The molecule has 1 atom stereocenters. The summed E-state index contributed by atoms with van der Waals surface area (Å²) in [7, 11) is 0. The second kappa shape index (κ2) is 4.13. The Bertz CT molecular complexity index is 313. The van der Waals surface area contributed by atoms with Gasteiger partial charge in [0.15, 0.2) is 0 Å². The quantitative estimate of drug-likeness (QED) is 0.805. The lowest BCUT2D eigenvalue weighted by atomic mass is 10.1. The largest absolute Gasteiger partial charge is 0.389 e. The fraction of sp³-hybridized carbons (Fsp3) is 0.727. The van der Waals surface area contributed by atoms with Crippen molar-refractivity contribution in [1.82, 2.24) is 9.78 Å². The summed E-state index contributed by atoms with van der Waals surface area (Å²) >= 11 is 0. The van der Waals surface area contributed by atoms with Gasteiger partial charge in [-0.25, -0.2) is 0 Å². The second-order valence-corrected chi connectivity index (χ2v) is 4.34. The number of rotatable bonds is 3. The Morgan fingerprint density at radius 1 is 1.29 bits per heavy atom. The second-order valence-electron chi connectivity index (χ2n) is 4.34. The molecule has 0 aliphatic carbocycles. The highest BCUT2D eigenvalue weighted by atomic mass is 16.3. The van der Waals surface area contributed by atoms with Gasteiger partial charge >= 0.3 is 0 Å². The Morgan fingerprint density at radius 2 is 1.86 bits per heavy atom. The van der Waals surface area contributed by atoms with Crippen LogP contribution >= 0.6 is 0 Å². The van der Waals surface area contributed by atoms with Crippen molar-refractivity contribution in [3.8, 4) is 0 Å². The molecule has 3 heteroatoms. The van der Waals surface area contributed by atoms with E-state index in [2.05, 4.69) is 18.9 Å². The zero-order valence-corrected chi connectivity index (χ0v) is 9.70. The van der Waals surface area contributed by atoms with Crippen molar-refractivity contribution in [2.24, 2.45) is 5.92 Å². The highest BCUT2D eigenvalue weighted by Crippen LogP contribution is 2.21. The maximum atomic E-state index is 9.58. The van der Waals surface area contributed by atoms with Crippen LogP contribution in [0.1, 0.15) is 43.8 Å². The van der Waals surface area contributed by atoms with Gasteiger partial charge in [0, 0.05) is 17.8 Å². The highest BCUT2D eigenvalue weighted by molar-refractivity contribution is 5.26. The molecule has 0 fully saturated rings. The van der Waals surface area contributed by atoms with Gasteiger partial charge in [-0.1, -0.05) is 13.8 Å².